The van der Waals surface area contributed by atoms with Crippen molar-refractivity contribution in [1.29, 1.82) is 0 Å². The number of aromatic nitrogens is 2. The van der Waals surface area contributed by atoms with Crippen LogP contribution in [-0.2, 0) is 12.8 Å². The second kappa shape index (κ2) is 7.99. The first kappa shape index (κ1) is 16.6. The summed E-state index contributed by atoms with van der Waals surface area (Å²) in [5.41, 5.74) is 7.09. The average Bonchev–Trinajstić information content (AvgIpc) is 2.36. The molecule has 108 valence electrons. The molecule has 0 unspecified atom stereocenters. The van der Waals surface area contributed by atoms with Gasteiger partial charge in [0.05, 0.1) is 9.26 Å². The van der Waals surface area contributed by atoms with Crippen LogP contribution in [0.2, 0.25) is 0 Å². The van der Waals surface area contributed by atoms with E-state index in [-0.39, 0.29) is 0 Å². The molecule has 0 saturated heterocycles. The molecule has 0 saturated carbocycles. The summed E-state index contributed by atoms with van der Waals surface area (Å²) in [5, 5.41) is 0. The van der Waals surface area contributed by atoms with Crippen LogP contribution in [0.15, 0.2) is 0 Å². The Morgan fingerprint density at radius 1 is 1.21 bits per heavy atom. The molecule has 19 heavy (non-hydrogen) atoms. The molecular formula is C14H25IN4. The predicted octanol–water partition coefficient (Wildman–Crippen LogP) is 2.75. The Morgan fingerprint density at radius 3 is 2.37 bits per heavy atom. The van der Waals surface area contributed by atoms with Crippen molar-refractivity contribution in [3.8, 4) is 0 Å². The van der Waals surface area contributed by atoms with E-state index in [2.05, 4.69) is 65.2 Å². The maximum atomic E-state index is 6.00. The number of nitrogens with zero attached hydrogens (tertiary/aromatic N) is 3. The number of halogens is 1. The Hall–Kier alpha value is -0.430. The van der Waals surface area contributed by atoms with Crippen LogP contribution in [0.25, 0.3) is 0 Å². The van der Waals surface area contributed by atoms with Crippen molar-refractivity contribution in [3.63, 3.8) is 0 Å². The van der Waals surface area contributed by atoms with Crippen LogP contribution in [0, 0.1) is 9.49 Å². The van der Waals surface area contributed by atoms with Gasteiger partial charge in [-0.05, 0) is 48.0 Å². The van der Waals surface area contributed by atoms with E-state index in [1.807, 2.05) is 0 Å². The van der Waals surface area contributed by atoms with Crippen molar-refractivity contribution >= 4 is 28.4 Å². The fourth-order valence-electron chi connectivity index (χ4n) is 2.00. The second-order valence-corrected chi connectivity index (χ2v) is 6.24. The highest BCUT2D eigenvalue weighted by Crippen LogP contribution is 2.19. The number of rotatable bonds is 7. The number of likely N-dealkylation sites (N-methyl/N-ethyl adjacent to an activating group) is 1. The zero-order valence-electron chi connectivity index (χ0n) is 12.4. The third kappa shape index (κ3) is 5.22. The number of anilines is 1. The van der Waals surface area contributed by atoms with Crippen molar-refractivity contribution in [2.45, 2.75) is 40.5 Å². The largest absolute Gasteiger partial charge is 0.383 e. The highest BCUT2D eigenvalue weighted by Gasteiger charge is 2.12. The van der Waals surface area contributed by atoms with Crippen molar-refractivity contribution in [2.75, 3.05) is 25.4 Å². The molecule has 0 aliphatic heterocycles. The van der Waals surface area contributed by atoms with Gasteiger partial charge < -0.3 is 10.6 Å². The lowest BCUT2D eigenvalue weighted by molar-refractivity contribution is 0.305. The number of hydrogen-bond donors (Lipinski definition) is 1. The van der Waals surface area contributed by atoms with E-state index < -0.39 is 0 Å². The van der Waals surface area contributed by atoms with E-state index in [0.717, 1.165) is 47.6 Å². The lowest BCUT2D eigenvalue weighted by Crippen LogP contribution is -2.26. The van der Waals surface area contributed by atoms with Crippen LogP contribution >= 0.6 is 22.6 Å². The molecule has 0 spiro atoms. The third-order valence-electron chi connectivity index (χ3n) is 3.14. The van der Waals surface area contributed by atoms with Crippen molar-refractivity contribution in [1.82, 2.24) is 14.9 Å². The number of nitrogen functional groups attached to an aromatic ring is 1. The first-order chi connectivity index (χ1) is 8.97. The van der Waals surface area contributed by atoms with Crippen LogP contribution in [-0.4, -0.2) is 34.5 Å². The second-order valence-electron chi connectivity index (χ2n) is 5.16. The summed E-state index contributed by atoms with van der Waals surface area (Å²) in [5.74, 6) is 2.08. The maximum Gasteiger partial charge on any atom is 0.140 e. The van der Waals surface area contributed by atoms with E-state index in [9.17, 15) is 0 Å². The number of hydrogen-bond acceptors (Lipinski definition) is 4. The minimum Gasteiger partial charge on any atom is -0.383 e. The Morgan fingerprint density at radius 2 is 1.84 bits per heavy atom. The highest BCUT2D eigenvalue weighted by molar-refractivity contribution is 14.1. The summed E-state index contributed by atoms with van der Waals surface area (Å²) < 4.78 is 1.01. The zero-order chi connectivity index (χ0) is 14.4. The molecule has 0 aliphatic rings. The van der Waals surface area contributed by atoms with Crippen LogP contribution in [0.3, 0.4) is 0 Å². The van der Waals surface area contributed by atoms with Crippen molar-refractivity contribution in [3.05, 3.63) is 15.1 Å². The summed E-state index contributed by atoms with van der Waals surface area (Å²) in [7, 11) is 0. The van der Waals surface area contributed by atoms with Crippen molar-refractivity contribution < 1.29 is 0 Å². The SMILES string of the molecule is CCN(CC)CCc1nc(N)c(I)c(CC(C)C)n1. The summed E-state index contributed by atoms with van der Waals surface area (Å²) in [6.45, 7) is 11.9. The lowest BCUT2D eigenvalue weighted by atomic mass is 10.1. The monoisotopic (exact) mass is 376 g/mol. The molecule has 1 heterocycles. The van der Waals surface area contributed by atoms with Gasteiger partial charge in [-0.2, -0.15) is 0 Å². The zero-order valence-corrected chi connectivity index (χ0v) is 14.6. The molecular weight excluding hydrogens is 351 g/mol. The Labute approximate surface area is 130 Å². The Balaban J connectivity index is 2.81. The molecule has 2 N–H and O–H groups in total. The minimum absolute atomic E-state index is 0.582. The van der Waals surface area contributed by atoms with E-state index in [4.69, 9.17) is 5.73 Å². The van der Waals surface area contributed by atoms with E-state index in [0.29, 0.717) is 11.7 Å². The topological polar surface area (TPSA) is 55.0 Å². The van der Waals surface area contributed by atoms with Crippen LogP contribution < -0.4 is 5.73 Å². The fraction of sp³-hybridized carbons (Fsp3) is 0.714. The van der Waals surface area contributed by atoms with Crippen LogP contribution in [0.1, 0.15) is 39.2 Å². The summed E-state index contributed by atoms with van der Waals surface area (Å²) >= 11 is 2.25. The molecule has 1 rings (SSSR count). The van der Waals surface area contributed by atoms with E-state index in [1.165, 1.54) is 0 Å². The third-order valence-corrected chi connectivity index (χ3v) is 4.31. The molecule has 0 bridgehead atoms. The molecule has 0 aliphatic carbocycles. The van der Waals surface area contributed by atoms with Gasteiger partial charge in [0, 0.05) is 13.0 Å². The van der Waals surface area contributed by atoms with Gasteiger partial charge >= 0.3 is 0 Å². The quantitative estimate of drug-likeness (QED) is 0.744. The van der Waals surface area contributed by atoms with Gasteiger partial charge in [0.1, 0.15) is 11.6 Å². The van der Waals surface area contributed by atoms with Gasteiger partial charge in [0.15, 0.2) is 0 Å². The standard InChI is InChI=1S/C14H25IN4/c1-5-19(6-2)8-7-12-17-11(9-10(3)4)13(15)14(16)18-12/h10H,5-9H2,1-4H3,(H2,16,17,18). The Bertz CT molecular complexity index is 403. The molecule has 5 heteroatoms. The maximum absolute atomic E-state index is 6.00. The molecule has 0 amide bonds. The molecule has 0 radical (unpaired) electrons. The first-order valence-electron chi connectivity index (χ1n) is 7.01. The number of nitrogens with two attached hydrogens (primary N) is 1. The molecule has 1 aromatic heterocycles. The van der Waals surface area contributed by atoms with Gasteiger partial charge in [-0.25, -0.2) is 9.97 Å². The molecule has 0 aromatic carbocycles. The fourth-order valence-corrected chi connectivity index (χ4v) is 2.46. The average molecular weight is 376 g/mol. The smallest absolute Gasteiger partial charge is 0.140 e. The molecule has 4 nitrogen and oxygen atoms in total. The van der Waals surface area contributed by atoms with Crippen molar-refractivity contribution in [2.24, 2.45) is 5.92 Å². The van der Waals surface area contributed by atoms with Gasteiger partial charge in [0.2, 0.25) is 0 Å². The molecule has 0 atom stereocenters. The minimum atomic E-state index is 0.582. The predicted molar refractivity (Wildman–Crippen MR) is 89.2 cm³/mol. The normalized spacial score (nSPS) is 11.5. The lowest BCUT2D eigenvalue weighted by Gasteiger charge is -2.17. The summed E-state index contributed by atoms with van der Waals surface area (Å²) in [6.07, 6.45) is 1.83. The van der Waals surface area contributed by atoms with Gasteiger partial charge in [0.25, 0.3) is 0 Å². The van der Waals surface area contributed by atoms with E-state index >= 15 is 0 Å². The van der Waals surface area contributed by atoms with Gasteiger partial charge in [-0.3, -0.25) is 0 Å². The molecule has 0 fully saturated rings. The van der Waals surface area contributed by atoms with E-state index in [1.54, 1.807) is 0 Å². The highest BCUT2D eigenvalue weighted by atomic mass is 127. The first-order valence-corrected chi connectivity index (χ1v) is 8.08. The summed E-state index contributed by atoms with van der Waals surface area (Å²) in [6, 6.07) is 0. The van der Waals surface area contributed by atoms with Gasteiger partial charge in [-0.15, -0.1) is 0 Å². The van der Waals surface area contributed by atoms with Crippen LogP contribution in [0.5, 0.6) is 0 Å². The Kier molecular flexibility index (Phi) is 6.99. The van der Waals surface area contributed by atoms with Crippen LogP contribution in [0.4, 0.5) is 5.82 Å². The summed E-state index contributed by atoms with van der Waals surface area (Å²) in [4.78, 5) is 11.5. The molecule has 1 aromatic rings. The van der Waals surface area contributed by atoms with Gasteiger partial charge in [-0.1, -0.05) is 27.7 Å².